The van der Waals surface area contributed by atoms with Gasteiger partial charge in [0.05, 0.1) is 11.8 Å². The van der Waals surface area contributed by atoms with Gasteiger partial charge in [0.1, 0.15) is 6.10 Å². The molecule has 6 aliphatic carbocycles. The third-order valence-electron chi connectivity index (χ3n) is 19.7. The molecule has 2 N–H and O–H groups in total. The second-order valence-corrected chi connectivity index (χ2v) is 22.6. The average Bonchev–Trinajstić information content (AvgIpc) is 3.56. The van der Waals surface area contributed by atoms with Crippen LogP contribution in [-0.2, 0) is 14.3 Å². The summed E-state index contributed by atoms with van der Waals surface area (Å²) in [7, 11) is 0. The molecule has 7 aliphatic rings. The molecule has 6 saturated carbocycles. The highest BCUT2D eigenvalue weighted by Crippen LogP contribution is 2.76. The van der Waals surface area contributed by atoms with E-state index in [1.807, 2.05) is 49.1 Å². The summed E-state index contributed by atoms with van der Waals surface area (Å²) in [6, 6.07) is 9.70. The van der Waals surface area contributed by atoms with Crippen LogP contribution in [0.2, 0.25) is 0 Å². The standard InChI is InChI=1S/C50H75N3O5/c1-32(2)34-17-22-50(51-25-26-52-27-29-53(30-28-52)42(54)33-13-11-10-12-14-33)24-23-48(8)35(41(34)50)15-16-39-47(7)20-19-40(46(5,6)38(47)18-21-49(39,48)9)58-44(57)37-31-36(43(55)56)45(37,3)4/h10-14,34-41,51H,1,15-31H2,2-9H3,(H,55,56)/t34-,35+,36-,37+,38-,39+,40-,41+,47-,48+,49+,50-/m0/s1. The first-order valence-electron chi connectivity index (χ1n) is 23.2. The number of benzene rings is 1. The Labute approximate surface area is 349 Å². The lowest BCUT2D eigenvalue weighted by Gasteiger charge is -2.73. The Hall–Kier alpha value is -2.71. The van der Waals surface area contributed by atoms with E-state index in [0.717, 1.165) is 57.7 Å². The monoisotopic (exact) mass is 798 g/mol. The van der Waals surface area contributed by atoms with Crippen molar-refractivity contribution in [2.45, 2.75) is 138 Å². The zero-order chi connectivity index (χ0) is 41.6. The quantitative estimate of drug-likeness (QED) is 0.190. The topological polar surface area (TPSA) is 99.2 Å². The molecule has 58 heavy (non-hydrogen) atoms. The fourth-order valence-electron chi connectivity index (χ4n) is 16.0. The number of hydrogen-bond donors (Lipinski definition) is 2. The van der Waals surface area contributed by atoms with Crippen molar-refractivity contribution in [2.75, 3.05) is 39.3 Å². The highest BCUT2D eigenvalue weighted by atomic mass is 16.5. The fourth-order valence-corrected chi connectivity index (χ4v) is 16.0. The van der Waals surface area contributed by atoms with Gasteiger partial charge in [-0.15, -0.1) is 0 Å². The van der Waals surface area contributed by atoms with Gasteiger partial charge in [-0.1, -0.05) is 78.8 Å². The molecule has 1 aromatic carbocycles. The van der Waals surface area contributed by atoms with E-state index in [9.17, 15) is 19.5 Å². The number of carbonyl (C=O) groups is 3. The molecular weight excluding hydrogens is 723 g/mol. The van der Waals surface area contributed by atoms with Crippen molar-refractivity contribution in [3.63, 3.8) is 0 Å². The number of aliphatic carboxylic acids is 1. The smallest absolute Gasteiger partial charge is 0.309 e. The minimum atomic E-state index is -0.806. The Kier molecular flexibility index (Phi) is 10.7. The Morgan fingerprint density at radius 2 is 1.50 bits per heavy atom. The van der Waals surface area contributed by atoms with Crippen LogP contribution < -0.4 is 5.32 Å². The lowest BCUT2D eigenvalue weighted by molar-refractivity contribution is -0.248. The van der Waals surface area contributed by atoms with E-state index in [4.69, 9.17) is 4.74 Å². The maximum atomic E-state index is 13.7. The summed E-state index contributed by atoms with van der Waals surface area (Å²) in [5.41, 5.74) is 2.28. The molecule has 1 aliphatic heterocycles. The van der Waals surface area contributed by atoms with Crippen LogP contribution in [0.1, 0.15) is 136 Å². The minimum Gasteiger partial charge on any atom is -0.481 e. The number of fused-ring (bicyclic) bond motifs is 7. The van der Waals surface area contributed by atoms with E-state index < -0.39 is 17.3 Å². The highest BCUT2D eigenvalue weighted by molar-refractivity contribution is 5.94. The van der Waals surface area contributed by atoms with Crippen LogP contribution in [-0.4, -0.2) is 83.7 Å². The van der Waals surface area contributed by atoms with Gasteiger partial charge < -0.3 is 20.1 Å². The van der Waals surface area contributed by atoms with Crippen LogP contribution in [0.3, 0.4) is 0 Å². The Balaban J connectivity index is 0.942. The third-order valence-corrected chi connectivity index (χ3v) is 19.7. The predicted octanol–water partition coefficient (Wildman–Crippen LogP) is 9.10. The van der Waals surface area contributed by atoms with Gasteiger partial charge in [-0.05, 0) is 141 Å². The molecule has 0 aromatic heterocycles. The zero-order valence-corrected chi connectivity index (χ0v) is 37.2. The number of ether oxygens (including phenoxy) is 1. The molecule has 1 amide bonds. The van der Waals surface area contributed by atoms with Crippen LogP contribution in [0.5, 0.6) is 0 Å². The van der Waals surface area contributed by atoms with Gasteiger partial charge >= 0.3 is 11.9 Å². The van der Waals surface area contributed by atoms with E-state index >= 15 is 0 Å². The average molecular weight is 798 g/mol. The second-order valence-electron chi connectivity index (χ2n) is 22.6. The predicted molar refractivity (Wildman–Crippen MR) is 229 cm³/mol. The molecule has 8 rings (SSSR count). The molecule has 1 heterocycles. The van der Waals surface area contributed by atoms with Crippen LogP contribution in [0.25, 0.3) is 0 Å². The van der Waals surface area contributed by atoms with Crippen LogP contribution >= 0.6 is 0 Å². The number of carbonyl (C=O) groups excluding carboxylic acids is 2. The number of piperazine rings is 1. The summed E-state index contributed by atoms with van der Waals surface area (Å²) in [4.78, 5) is 43.1. The molecule has 12 atom stereocenters. The molecule has 0 spiro atoms. The van der Waals surface area contributed by atoms with Gasteiger partial charge in [-0.2, -0.15) is 0 Å². The first-order valence-corrected chi connectivity index (χ1v) is 23.2. The summed E-state index contributed by atoms with van der Waals surface area (Å²) in [5.74, 6) is 1.28. The summed E-state index contributed by atoms with van der Waals surface area (Å²) >= 11 is 0. The lowest BCUT2D eigenvalue weighted by atomic mass is 9.32. The van der Waals surface area contributed by atoms with Crippen molar-refractivity contribution in [3.8, 4) is 0 Å². The normalized spacial score (nSPS) is 42.8. The first kappa shape index (κ1) is 42.0. The van der Waals surface area contributed by atoms with E-state index in [1.54, 1.807) is 0 Å². The highest BCUT2D eigenvalue weighted by Gasteiger charge is 2.71. The van der Waals surface area contributed by atoms with Crippen molar-refractivity contribution < 1.29 is 24.2 Å². The molecule has 8 nitrogen and oxygen atoms in total. The molecule has 0 bridgehead atoms. The number of carboxylic acids is 1. The SMILES string of the molecule is C=C(C)[C@@H]1CC[C@]2(NCCN3CCN(C(=O)c4ccccc4)CC3)CC[C@]3(C)[C@H](CC[C@@H]4[C@@]5(C)CC[C@H](OC(=O)[C@H]6C[C@@H](C(=O)O)C6(C)C)C(C)(C)[C@@H]5CC[C@]43C)[C@@H]12. The lowest BCUT2D eigenvalue weighted by Crippen LogP contribution is -2.69. The number of allylic oxidation sites excluding steroid dienone is 1. The number of esters is 1. The third kappa shape index (κ3) is 6.37. The van der Waals surface area contributed by atoms with Gasteiger partial charge in [-0.25, -0.2) is 0 Å². The van der Waals surface area contributed by atoms with Gasteiger partial charge in [0.25, 0.3) is 5.91 Å². The largest absolute Gasteiger partial charge is 0.481 e. The minimum absolute atomic E-state index is 0.133. The van der Waals surface area contributed by atoms with Crippen molar-refractivity contribution in [1.82, 2.24) is 15.1 Å². The molecule has 320 valence electrons. The van der Waals surface area contributed by atoms with Crippen LogP contribution in [0.4, 0.5) is 0 Å². The molecule has 0 unspecified atom stereocenters. The molecule has 7 fully saturated rings. The van der Waals surface area contributed by atoms with Crippen molar-refractivity contribution in [3.05, 3.63) is 48.0 Å². The first-order chi connectivity index (χ1) is 27.3. The van der Waals surface area contributed by atoms with Gasteiger partial charge in [0.2, 0.25) is 0 Å². The van der Waals surface area contributed by atoms with Crippen LogP contribution in [0, 0.1) is 68.5 Å². The van der Waals surface area contributed by atoms with Crippen molar-refractivity contribution in [1.29, 1.82) is 0 Å². The molecule has 1 saturated heterocycles. The molecule has 1 aromatic rings. The van der Waals surface area contributed by atoms with Crippen molar-refractivity contribution >= 4 is 17.8 Å². The van der Waals surface area contributed by atoms with E-state index in [2.05, 4.69) is 58.3 Å². The van der Waals surface area contributed by atoms with Crippen LogP contribution in [0.15, 0.2) is 42.5 Å². The Bertz CT molecular complexity index is 1770. The number of nitrogens with one attached hydrogen (secondary N) is 1. The van der Waals surface area contributed by atoms with Gasteiger partial charge in [0, 0.05) is 55.8 Å². The number of hydrogen-bond acceptors (Lipinski definition) is 6. The molecule has 0 radical (unpaired) electrons. The van der Waals surface area contributed by atoms with Gasteiger partial charge in [0.15, 0.2) is 0 Å². The summed E-state index contributed by atoms with van der Waals surface area (Å²) < 4.78 is 6.46. The number of amides is 1. The van der Waals surface area contributed by atoms with Crippen molar-refractivity contribution in [2.24, 2.45) is 68.5 Å². The van der Waals surface area contributed by atoms with E-state index in [-0.39, 0.29) is 51.1 Å². The molecular formula is C50H75N3O5. The van der Waals surface area contributed by atoms with E-state index in [0.29, 0.717) is 36.0 Å². The number of rotatable bonds is 9. The zero-order valence-electron chi connectivity index (χ0n) is 37.2. The van der Waals surface area contributed by atoms with Gasteiger partial charge in [-0.3, -0.25) is 19.3 Å². The van der Waals surface area contributed by atoms with E-state index in [1.165, 1.54) is 56.9 Å². The Morgan fingerprint density at radius 3 is 2.16 bits per heavy atom. The number of nitrogens with zero attached hydrogens (tertiary/aromatic N) is 2. The maximum Gasteiger partial charge on any atom is 0.309 e. The second kappa shape index (κ2) is 14.7. The number of carboxylic acid groups (broad SMARTS) is 1. The maximum absolute atomic E-state index is 13.7. The summed E-state index contributed by atoms with van der Waals surface area (Å²) in [6.07, 6.45) is 12.2. The Morgan fingerprint density at radius 1 is 0.793 bits per heavy atom. The summed E-state index contributed by atoms with van der Waals surface area (Å²) in [6.45, 7) is 29.0. The fraction of sp³-hybridized carbons (Fsp3) is 0.780. The molecule has 8 heteroatoms. The summed E-state index contributed by atoms with van der Waals surface area (Å²) in [5, 5.41) is 14.0.